The first kappa shape index (κ1) is 9.15. The lowest BCUT2D eigenvalue weighted by atomic mass is 10.1. The molecule has 4 nitrogen and oxygen atoms in total. The molecule has 0 atom stereocenters. The van der Waals surface area contributed by atoms with Gasteiger partial charge < -0.3 is 19.4 Å². The van der Waals surface area contributed by atoms with Gasteiger partial charge in [0, 0.05) is 23.2 Å². The summed E-state index contributed by atoms with van der Waals surface area (Å²) >= 11 is 0. The zero-order valence-electron chi connectivity index (χ0n) is 9.13. The number of fused-ring (bicyclic) bond motifs is 3. The van der Waals surface area contributed by atoms with E-state index < -0.39 is 0 Å². The second kappa shape index (κ2) is 3.20. The summed E-state index contributed by atoms with van der Waals surface area (Å²) in [5.41, 5.74) is 1.93. The molecular formula is C12H12N2O2. The molecule has 4 heteroatoms. The minimum atomic E-state index is 0.734. The van der Waals surface area contributed by atoms with Crippen LogP contribution in [0.1, 0.15) is 0 Å². The zero-order valence-corrected chi connectivity index (χ0v) is 9.13. The lowest BCUT2D eigenvalue weighted by Gasteiger charge is -2.10. The van der Waals surface area contributed by atoms with Gasteiger partial charge in [-0.05, 0) is 12.1 Å². The molecule has 82 valence electrons. The highest BCUT2D eigenvalue weighted by Gasteiger charge is 2.16. The topological polar surface area (TPSA) is 50.0 Å². The molecule has 0 bridgehead atoms. The van der Waals surface area contributed by atoms with Gasteiger partial charge in [0.25, 0.3) is 0 Å². The molecule has 0 aliphatic heterocycles. The predicted molar refractivity (Wildman–Crippen MR) is 63.3 cm³/mol. The summed E-state index contributed by atoms with van der Waals surface area (Å²) < 4.78 is 10.8. The normalized spacial score (nSPS) is 11.1. The molecular weight excluding hydrogens is 204 g/mol. The minimum Gasteiger partial charge on any atom is -0.491 e. The van der Waals surface area contributed by atoms with Crippen molar-refractivity contribution in [3.63, 3.8) is 0 Å². The molecule has 2 N–H and O–H groups in total. The van der Waals surface area contributed by atoms with Gasteiger partial charge in [-0.15, -0.1) is 0 Å². The smallest absolute Gasteiger partial charge is 0.187 e. The van der Waals surface area contributed by atoms with Gasteiger partial charge in [0.15, 0.2) is 11.5 Å². The van der Waals surface area contributed by atoms with Crippen molar-refractivity contribution in [2.24, 2.45) is 0 Å². The number of hydrogen-bond donors (Lipinski definition) is 2. The number of rotatable bonds is 2. The molecule has 0 fully saturated rings. The Labute approximate surface area is 92.2 Å². The van der Waals surface area contributed by atoms with E-state index in [0.29, 0.717) is 0 Å². The lowest BCUT2D eigenvalue weighted by molar-refractivity contribution is 0.361. The number of benzene rings is 1. The molecule has 3 aromatic rings. The summed E-state index contributed by atoms with van der Waals surface area (Å²) in [6.07, 6.45) is 3.80. The Hall–Kier alpha value is -2.10. The Balaban J connectivity index is 2.59. The summed E-state index contributed by atoms with van der Waals surface area (Å²) in [6, 6.07) is 4.07. The quantitative estimate of drug-likeness (QED) is 0.691. The first-order valence-corrected chi connectivity index (χ1v) is 5.05. The highest BCUT2D eigenvalue weighted by Crippen LogP contribution is 2.41. The molecule has 0 saturated heterocycles. The van der Waals surface area contributed by atoms with Crippen LogP contribution in [0.2, 0.25) is 0 Å². The number of hydrogen-bond acceptors (Lipinski definition) is 2. The van der Waals surface area contributed by atoms with Crippen molar-refractivity contribution in [1.82, 2.24) is 9.97 Å². The summed E-state index contributed by atoms with van der Waals surface area (Å²) in [5, 5.41) is 2.27. The van der Waals surface area contributed by atoms with Crippen LogP contribution in [0, 0.1) is 0 Å². The van der Waals surface area contributed by atoms with Crippen molar-refractivity contribution in [3.8, 4) is 11.5 Å². The van der Waals surface area contributed by atoms with Crippen molar-refractivity contribution in [2.75, 3.05) is 14.2 Å². The van der Waals surface area contributed by atoms with Crippen LogP contribution < -0.4 is 9.47 Å². The fourth-order valence-electron chi connectivity index (χ4n) is 2.18. The van der Waals surface area contributed by atoms with Gasteiger partial charge in [0.1, 0.15) is 0 Å². The van der Waals surface area contributed by atoms with Gasteiger partial charge in [-0.25, -0.2) is 0 Å². The predicted octanol–water partition coefficient (Wildman–Crippen LogP) is 2.67. The molecule has 16 heavy (non-hydrogen) atoms. The fraction of sp³-hybridized carbons (Fsp3) is 0.167. The number of ether oxygens (including phenoxy) is 2. The number of aromatic nitrogens is 2. The standard InChI is InChI=1S/C12H12N2O2/c1-15-11-9-7(3-5-13-9)8-4-6-14-10(8)12(11)16-2/h3-6,13-14H,1-2H3. The highest BCUT2D eigenvalue weighted by molar-refractivity contribution is 6.11. The highest BCUT2D eigenvalue weighted by atomic mass is 16.5. The molecule has 1 aromatic carbocycles. The summed E-state index contributed by atoms with van der Waals surface area (Å²) in [6.45, 7) is 0. The summed E-state index contributed by atoms with van der Waals surface area (Å²) in [5.74, 6) is 1.47. The second-order valence-corrected chi connectivity index (χ2v) is 3.60. The van der Waals surface area contributed by atoms with Crippen LogP contribution in [0.4, 0.5) is 0 Å². The van der Waals surface area contributed by atoms with Crippen molar-refractivity contribution in [1.29, 1.82) is 0 Å². The third-order valence-corrected chi connectivity index (χ3v) is 2.85. The molecule has 0 radical (unpaired) electrons. The van der Waals surface area contributed by atoms with Crippen LogP contribution in [0.15, 0.2) is 24.5 Å². The van der Waals surface area contributed by atoms with E-state index in [-0.39, 0.29) is 0 Å². The first-order chi connectivity index (χ1) is 7.86. The third kappa shape index (κ3) is 0.984. The maximum atomic E-state index is 5.41. The number of nitrogens with one attached hydrogen (secondary N) is 2. The van der Waals surface area contributed by atoms with Gasteiger partial charge in [0.05, 0.1) is 25.3 Å². The van der Waals surface area contributed by atoms with Gasteiger partial charge in [-0.1, -0.05) is 0 Å². The van der Waals surface area contributed by atoms with E-state index in [1.54, 1.807) is 14.2 Å². The lowest BCUT2D eigenvalue weighted by Crippen LogP contribution is -1.92. The zero-order chi connectivity index (χ0) is 11.1. The van der Waals surface area contributed by atoms with Crippen LogP contribution in [0.5, 0.6) is 11.5 Å². The second-order valence-electron chi connectivity index (χ2n) is 3.60. The van der Waals surface area contributed by atoms with Gasteiger partial charge in [0.2, 0.25) is 0 Å². The summed E-state index contributed by atoms with van der Waals surface area (Å²) in [4.78, 5) is 6.35. The van der Waals surface area contributed by atoms with Gasteiger partial charge in [-0.2, -0.15) is 0 Å². The monoisotopic (exact) mass is 216 g/mol. The Morgan fingerprint density at radius 2 is 1.25 bits per heavy atom. The van der Waals surface area contributed by atoms with E-state index in [1.807, 2.05) is 24.5 Å². The molecule has 2 heterocycles. The summed E-state index contributed by atoms with van der Waals surface area (Å²) in [7, 11) is 3.29. The Morgan fingerprint density at radius 1 is 0.812 bits per heavy atom. The number of aromatic amines is 2. The van der Waals surface area contributed by atoms with Crippen LogP contribution in [0.25, 0.3) is 21.8 Å². The fourth-order valence-corrected chi connectivity index (χ4v) is 2.18. The third-order valence-electron chi connectivity index (χ3n) is 2.85. The molecule has 3 rings (SSSR count). The maximum absolute atomic E-state index is 5.41. The van der Waals surface area contributed by atoms with Crippen LogP contribution >= 0.6 is 0 Å². The molecule has 0 aliphatic rings. The molecule has 0 aliphatic carbocycles. The van der Waals surface area contributed by atoms with E-state index in [2.05, 4.69) is 9.97 Å². The van der Waals surface area contributed by atoms with Crippen LogP contribution in [0.3, 0.4) is 0 Å². The minimum absolute atomic E-state index is 0.734. The van der Waals surface area contributed by atoms with Crippen molar-refractivity contribution >= 4 is 21.8 Å². The molecule has 0 amide bonds. The van der Waals surface area contributed by atoms with Crippen molar-refractivity contribution in [3.05, 3.63) is 24.5 Å². The largest absolute Gasteiger partial charge is 0.491 e. The van der Waals surface area contributed by atoms with Crippen LogP contribution in [-0.2, 0) is 0 Å². The Morgan fingerprint density at radius 3 is 1.62 bits per heavy atom. The molecule has 0 saturated carbocycles. The SMILES string of the molecule is COc1c(OC)c2[nH]ccc2c2cc[nH]c12. The number of methoxy groups -OCH3 is 2. The Bertz CT molecular complexity index is 594. The molecule has 0 spiro atoms. The average Bonchev–Trinajstić information content (AvgIpc) is 2.93. The Kier molecular flexibility index (Phi) is 1.83. The molecule has 2 aromatic heterocycles. The van der Waals surface area contributed by atoms with E-state index in [9.17, 15) is 0 Å². The molecule has 0 unspecified atom stereocenters. The van der Waals surface area contributed by atoms with Crippen molar-refractivity contribution in [2.45, 2.75) is 0 Å². The van der Waals surface area contributed by atoms with E-state index in [4.69, 9.17) is 9.47 Å². The maximum Gasteiger partial charge on any atom is 0.187 e. The van der Waals surface area contributed by atoms with Gasteiger partial charge >= 0.3 is 0 Å². The number of H-pyrrole nitrogens is 2. The average molecular weight is 216 g/mol. The van der Waals surface area contributed by atoms with Crippen LogP contribution in [-0.4, -0.2) is 24.2 Å². The first-order valence-electron chi connectivity index (χ1n) is 5.05. The van der Waals surface area contributed by atoms with E-state index in [0.717, 1.165) is 33.3 Å². The van der Waals surface area contributed by atoms with E-state index in [1.165, 1.54) is 0 Å². The van der Waals surface area contributed by atoms with Gasteiger partial charge in [-0.3, -0.25) is 0 Å². The van der Waals surface area contributed by atoms with Crippen molar-refractivity contribution < 1.29 is 9.47 Å². The van der Waals surface area contributed by atoms with E-state index >= 15 is 0 Å².